The van der Waals surface area contributed by atoms with E-state index in [-0.39, 0.29) is 5.04 Å². The number of ether oxygens (including phenoxy) is 1. The van der Waals surface area contributed by atoms with Crippen molar-refractivity contribution in [3.8, 4) is 0 Å². The molecule has 0 fully saturated rings. The fourth-order valence-corrected chi connectivity index (χ4v) is 5.87. The molecule has 0 unspecified atom stereocenters. The lowest BCUT2D eigenvalue weighted by atomic mass is 10.2. The van der Waals surface area contributed by atoms with Crippen LogP contribution in [0.4, 0.5) is 0 Å². The number of hydrogen-bond acceptors (Lipinski definition) is 2. The number of benzene rings is 1. The molecule has 1 rings (SSSR count). The fraction of sp³-hybridized carbons (Fsp3) is 0.556. The van der Waals surface area contributed by atoms with E-state index in [0.717, 1.165) is 0 Å². The van der Waals surface area contributed by atoms with Gasteiger partial charge in [0.2, 0.25) is 0 Å². The van der Waals surface area contributed by atoms with Crippen LogP contribution in [0.25, 0.3) is 0 Å². The van der Waals surface area contributed by atoms with Crippen LogP contribution in [-0.2, 0) is 11.3 Å². The standard InChI is InChI=1S/C18H30O2Si/c1-7-13-18(5,19)21(6,17(2,3)4)15-20-14-16-11-9-8-10-12-16/h7-13,19H,14-15H2,1-6H3/b13-7-/t18-,21+/m1/s1. The van der Waals surface area contributed by atoms with Gasteiger partial charge in [0.15, 0.2) is 0 Å². The van der Waals surface area contributed by atoms with E-state index in [1.54, 1.807) is 0 Å². The molecule has 3 heteroatoms. The van der Waals surface area contributed by atoms with E-state index in [1.165, 1.54) is 5.56 Å². The summed E-state index contributed by atoms with van der Waals surface area (Å²) in [5.41, 5.74) is 1.17. The topological polar surface area (TPSA) is 29.5 Å². The highest BCUT2D eigenvalue weighted by Crippen LogP contribution is 2.43. The van der Waals surface area contributed by atoms with Gasteiger partial charge in [-0.3, -0.25) is 0 Å². The summed E-state index contributed by atoms with van der Waals surface area (Å²) in [5.74, 6) is 0. The molecule has 0 heterocycles. The lowest BCUT2D eigenvalue weighted by molar-refractivity contribution is 0.129. The smallest absolute Gasteiger partial charge is 0.127 e. The summed E-state index contributed by atoms with van der Waals surface area (Å²) in [6.07, 6.45) is 4.51. The van der Waals surface area contributed by atoms with Crippen molar-refractivity contribution >= 4 is 8.07 Å². The van der Waals surface area contributed by atoms with Gasteiger partial charge in [-0.05, 0) is 24.4 Å². The van der Waals surface area contributed by atoms with E-state index < -0.39 is 13.3 Å². The van der Waals surface area contributed by atoms with Crippen LogP contribution in [0.1, 0.15) is 40.2 Å². The van der Waals surface area contributed by atoms with Crippen molar-refractivity contribution in [1.82, 2.24) is 0 Å². The first-order chi connectivity index (χ1) is 9.64. The van der Waals surface area contributed by atoms with Gasteiger partial charge < -0.3 is 9.84 Å². The van der Waals surface area contributed by atoms with Crippen LogP contribution in [0.15, 0.2) is 42.5 Å². The van der Waals surface area contributed by atoms with Gasteiger partial charge in [-0.25, -0.2) is 0 Å². The summed E-state index contributed by atoms with van der Waals surface area (Å²) in [6, 6.07) is 10.2. The first kappa shape index (κ1) is 18.1. The van der Waals surface area contributed by atoms with Crippen molar-refractivity contribution in [1.29, 1.82) is 0 Å². The monoisotopic (exact) mass is 306 g/mol. The molecule has 2 atom stereocenters. The van der Waals surface area contributed by atoms with Crippen LogP contribution in [-0.4, -0.2) is 24.6 Å². The summed E-state index contributed by atoms with van der Waals surface area (Å²) in [7, 11) is -2.11. The second-order valence-corrected chi connectivity index (χ2v) is 12.7. The van der Waals surface area contributed by atoms with E-state index >= 15 is 0 Å². The summed E-state index contributed by atoms with van der Waals surface area (Å²) in [6.45, 7) is 13.4. The molecule has 0 bridgehead atoms. The molecular formula is C18H30O2Si. The zero-order valence-corrected chi connectivity index (χ0v) is 15.3. The Balaban J connectivity index is 2.85. The normalized spacial score (nSPS) is 18.4. The molecule has 0 radical (unpaired) electrons. The molecule has 0 spiro atoms. The van der Waals surface area contributed by atoms with Gasteiger partial charge >= 0.3 is 0 Å². The molecular weight excluding hydrogens is 276 g/mol. The van der Waals surface area contributed by atoms with Crippen molar-refractivity contribution < 1.29 is 9.84 Å². The molecule has 0 aliphatic heterocycles. The van der Waals surface area contributed by atoms with Gasteiger partial charge in [0, 0.05) is 6.23 Å². The maximum atomic E-state index is 11.0. The van der Waals surface area contributed by atoms with Gasteiger partial charge in [-0.15, -0.1) is 0 Å². The molecule has 0 saturated heterocycles. The predicted octanol–water partition coefficient (Wildman–Crippen LogP) is 4.49. The highest BCUT2D eigenvalue weighted by atomic mass is 28.3. The second-order valence-electron chi connectivity index (χ2n) is 7.21. The predicted molar refractivity (Wildman–Crippen MR) is 92.9 cm³/mol. The zero-order chi connectivity index (χ0) is 16.1. The number of hydrogen-bond donors (Lipinski definition) is 1. The SMILES string of the molecule is C/C=C\[C@](C)(O)[Si@@](C)(COCc1ccccc1)C(C)(C)C. The molecule has 0 aliphatic carbocycles. The zero-order valence-electron chi connectivity index (χ0n) is 14.3. The largest absolute Gasteiger partial charge is 0.390 e. The molecule has 118 valence electrons. The van der Waals surface area contributed by atoms with Gasteiger partial charge in [-0.1, -0.05) is 69.8 Å². The molecule has 0 amide bonds. The molecule has 1 N–H and O–H groups in total. The highest BCUT2D eigenvalue weighted by molar-refractivity contribution is 6.84. The third-order valence-electron chi connectivity index (χ3n) is 4.77. The van der Waals surface area contributed by atoms with E-state index in [2.05, 4.69) is 39.5 Å². The van der Waals surface area contributed by atoms with Crippen LogP contribution >= 0.6 is 0 Å². The molecule has 1 aromatic rings. The lowest BCUT2D eigenvalue weighted by Gasteiger charge is -2.48. The van der Waals surface area contributed by atoms with Crippen molar-refractivity contribution in [2.24, 2.45) is 0 Å². The summed E-state index contributed by atoms with van der Waals surface area (Å²) in [5, 5.41) is 10.2. The third-order valence-corrected chi connectivity index (χ3v) is 11.3. The van der Waals surface area contributed by atoms with Gasteiger partial charge in [0.05, 0.1) is 11.8 Å². The molecule has 0 saturated carbocycles. The van der Waals surface area contributed by atoms with E-state index in [1.807, 2.05) is 44.2 Å². The average molecular weight is 307 g/mol. The van der Waals surface area contributed by atoms with Crippen molar-refractivity contribution in [3.63, 3.8) is 0 Å². The van der Waals surface area contributed by atoms with E-state index in [0.29, 0.717) is 12.8 Å². The summed E-state index contributed by atoms with van der Waals surface area (Å²) in [4.78, 5) is 0. The Morgan fingerprint density at radius 3 is 2.19 bits per heavy atom. The van der Waals surface area contributed by atoms with Crippen LogP contribution in [0.5, 0.6) is 0 Å². The third kappa shape index (κ3) is 4.28. The second kappa shape index (κ2) is 6.90. The minimum Gasteiger partial charge on any atom is -0.390 e. The Labute approximate surface area is 130 Å². The van der Waals surface area contributed by atoms with Gasteiger partial charge in [-0.2, -0.15) is 0 Å². The Morgan fingerprint density at radius 1 is 1.14 bits per heavy atom. The van der Waals surface area contributed by atoms with Crippen LogP contribution in [0.3, 0.4) is 0 Å². The number of aliphatic hydroxyl groups is 1. The summed E-state index contributed by atoms with van der Waals surface area (Å²) >= 11 is 0. The molecule has 21 heavy (non-hydrogen) atoms. The fourth-order valence-electron chi connectivity index (χ4n) is 2.58. The van der Waals surface area contributed by atoms with E-state index in [4.69, 9.17) is 4.74 Å². The Hall–Kier alpha value is -0.903. The maximum Gasteiger partial charge on any atom is 0.127 e. The quantitative estimate of drug-likeness (QED) is 0.620. The average Bonchev–Trinajstić information content (AvgIpc) is 2.38. The van der Waals surface area contributed by atoms with Gasteiger partial charge in [0.25, 0.3) is 0 Å². The van der Waals surface area contributed by atoms with Crippen LogP contribution in [0.2, 0.25) is 11.6 Å². The minimum absolute atomic E-state index is 0.0483. The van der Waals surface area contributed by atoms with Crippen LogP contribution < -0.4 is 0 Å². The Morgan fingerprint density at radius 2 is 1.71 bits per heavy atom. The van der Waals surface area contributed by atoms with E-state index in [9.17, 15) is 5.11 Å². The highest BCUT2D eigenvalue weighted by Gasteiger charge is 2.52. The van der Waals surface area contributed by atoms with Crippen LogP contribution in [0, 0.1) is 0 Å². The lowest BCUT2D eigenvalue weighted by Crippen LogP contribution is -2.62. The Bertz CT molecular complexity index is 460. The van der Waals surface area contributed by atoms with Crippen molar-refractivity contribution in [3.05, 3.63) is 48.0 Å². The number of allylic oxidation sites excluding steroid dienone is 1. The minimum atomic E-state index is -2.11. The first-order valence-corrected chi connectivity index (χ1v) is 10.3. The molecule has 2 nitrogen and oxygen atoms in total. The summed E-state index contributed by atoms with van der Waals surface area (Å²) < 4.78 is 6.01. The number of rotatable bonds is 6. The first-order valence-electron chi connectivity index (χ1n) is 7.62. The maximum absolute atomic E-state index is 11.0. The van der Waals surface area contributed by atoms with Gasteiger partial charge in [0.1, 0.15) is 8.07 Å². The van der Waals surface area contributed by atoms with Crippen molar-refractivity contribution in [2.45, 2.75) is 58.0 Å². The molecule has 0 aromatic heterocycles. The Kier molecular flexibility index (Phi) is 5.97. The molecule has 0 aliphatic rings. The van der Waals surface area contributed by atoms with Crippen molar-refractivity contribution in [2.75, 3.05) is 6.23 Å². The molecule has 1 aromatic carbocycles.